The van der Waals surface area contributed by atoms with Crippen LogP contribution in [-0.2, 0) is 7.05 Å². The maximum absolute atomic E-state index is 12.1. The Kier molecular flexibility index (Phi) is 3.09. The number of nitrogens with zero attached hydrogens (tertiary/aromatic N) is 3. The van der Waals surface area contributed by atoms with E-state index in [4.69, 9.17) is 0 Å². The van der Waals surface area contributed by atoms with Gasteiger partial charge in [-0.15, -0.1) is 0 Å². The molecule has 0 spiro atoms. The second-order valence-electron chi connectivity index (χ2n) is 4.43. The number of aromatic nitrogens is 3. The molecule has 0 atom stereocenters. The Morgan fingerprint density at radius 1 is 1.10 bits per heavy atom. The molecule has 0 aliphatic heterocycles. The van der Waals surface area contributed by atoms with E-state index in [1.807, 2.05) is 41.2 Å². The first-order valence-electron chi connectivity index (χ1n) is 6.27. The van der Waals surface area contributed by atoms with Crippen molar-refractivity contribution in [1.82, 2.24) is 14.3 Å². The summed E-state index contributed by atoms with van der Waals surface area (Å²) < 4.78 is 3.61. The van der Waals surface area contributed by atoms with Crippen molar-refractivity contribution >= 4 is 11.7 Å². The number of aryl methyl sites for hydroxylation is 1. The van der Waals surface area contributed by atoms with E-state index in [1.54, 1.807) is 36.1 Å². The zero-order valence-electron chi connectivity index (χ0n) is 11.0. The van der Waals surface area contributed by atoms with Crippen LogP contribution in [0.3, 0.4) is 0 Å². The standard InChI is InChI=1S/C15H14N4O/c1-18-14(8-9-16-18)17-15(20)12-4-6-13(7-5-12)19-10-2-3-11-19/h2-11H,1H3,(H,17,20). The van der Waals surface area contributed by atoms with Crippen LogP contribution in [0.5, 0.6) is 0 Å². The molecule has 100 valence electrons. The van der Waals surface area contributed by atoms with Crippen LogP contribution in [0.25, 0.3) is 5.69 Å². The summed E-state index contributed by atoms with van der Waals surface area (Å²) in [5, 5.41) is 6.83. The lowest BCUT2D eigenvalue weighted by Gasteiger charge is -2.07. The molecule has 2 heterocycles. The van der Waals surface area contributed by atoms with Gasteiger partial charge < -0.3 is 9.88 Å². The second kappa shape index (κ2) is 5.05. The van der Waals surface area contributed by atoms with E-state index < -0.39 is 0 Å². The average molecular weight is 266 g/mol. The van der Waals surface area contributed by atoms with Gasteiger partial charge in [-0.25, -0.2) is 0 Å². The summed E-state index contributed by atoms with van der Waals surface area (Å²) in [4.78, 5) is 12.1. The monoisotopic (exact) mass is 266 g/mol. The fourth-order valence-corrected chi connectivity index (χ4v) is 1.98. The highest BCUT2D eigenvalue weighted by molar-refractivity contribution is 6.03. The van der Waals surface area contributed by atoms with Crippen molar-refractivity contribution in [1.29, 1.82) is 0 Å². The number of amides is 1. The highest BCUT2D eigenvalue weighted by Crippen LogP contribution is 2.12. The van der Waals surface area contributed by atoms with Crippen LogP contribution in [0, 0.1) is 0 Å². The predicted molar refractivity (Wildman–Crippen MR) is 76.9 cm³/mol. The fraction of sp³-hybridized carbons (Fsp3) is 0.0667. The molecule has 1 N–H and O–H groups in total. The second-order valence-corrected chi connectivity index (χ2v) is 4.43. The zero-order chi connectivity index (χ0) is 13.9. The van der Waals surface area contributed by atoms with Crippen molar-refractivity contribution in [2.45, 2.75) is 0 Å². The molecule has 0 saturated heterocycles. The molecular formula is C15H14N4O. The molecule has 1 aromatic carbocycles. The lowest BCUT2D eigenvalue weighted by atomic mass is 10.2. The van der Waals surface area contributed by atoms with Gasteiger partial charge in [0.15, 0.2) is 0 Å². The molecule has 20 heavy (non-hydrogen) atoms. The van der Waals surface area contributed by atoms with Crippen molar-refractivity contribution < 1.29 is 4.79 Å². The number of benzene rings is 1. The SMILES string of the molecule is Cn1nccc1NC(=O)c1ccc(-n2cccc2)cc1. The molecule has 0 bridgehead atoms. The third-order valence-electron chi connectivity index (χ3n) is 3.09. The van der Waals surface area contributed by atoms with Crippen LogP contribution in [-0.4, -0.2) is 20.3 Å². The van der Waals surface area contributed by atoms with Gasteiger partial charge >= 0.3 is 0 Å². The number of hydrogen-bond acceptors (Lipinski definition) is 2. The Morgan fingerprint density at radius 3 is 2.40 bits per heavy atom. The van der Waals surface area contributed by atoms with Crippen LogP contribution < -0.4 is 5.32 Å². The Labute approximate surface area is 116 Å². The first-order chi connectivity index (χ1) is 9.74. The quantitative estimate of drug-likeness (QED) is 0.791. The van der Waals surface area contributed by atoms with Crippen LogP contribution in [0.15, 0.2) is 61.1 Å². The van der Waals surface area contributed by atoms with Gasteiger partial charge in [-0.05, 0) is 36.4 Å². The molecule has 5 heteroatoms. The molecule has 0 saturated carbocycles. The van der Waals surface area contributed by atoms with Crippen molar-refractivity contribution in [3.8, 4) is 5.69 Å². The molecule has 3 rings (SSSR count). The summed E-state index contributed by atoms with van der Waals surface area (Å²) in [6.45, 7) is 0. The number of hydrogen-bond donors (Lipinski definition) is 1. The van der Waals surface area contributed by atoms with Gasteiger partial charge in [-0.1, -0.05) is 0 Å². The summed E-state index contributed by atoms with van der Waals surface area (Å²) in [7, 11) is 1.78. The van der Waals surface area contributed by atoms with Gasteiger partial charge in [0.05, 0.1) is 6.20 Å². The minimum absolute atomic E-state index is 0.146. The van der Waals surface area contributed by atoms with Gasteiger partial charge in [0.1, 0.15) is 5.82 Å². The Balaban J connectivity index is 1.78. The van der Waals surface area contributed by atoms with Gasteiger partial charge in [0.2, 0.25) is 0 Å². The third kappa shape index (κ3) is 2.33. The molecule has 0 aliphatic rings. The molecule has 3 aromatic rings. The van der Waals surface area contributed by atoms with E-state index >= 15 is 0 Å². The van der Waals surface area contributed by atoms with E-state index in [1.165, 1.54) is 0 Å². The topological polar surface area (TPSA) is 51.9 Å². The van der Waals surface area contributed by atoms with E-state index in [0.717, 1.165) is 5.69 Å². The maximum Gasteiger partial charge on any atom is 0.256 e. The van der Waals surface area contributed by atoms with Crippen molar-refractivity contribution in [3.63, 3.8) is 0 Å². The highest BCUT2D eigenvalue weighted by Gasteiger charge is 2.08. The van der Waals surface area contributed by atoms with Gasteiger partial charge in [0.25, 0.3) is 5.91 Å². The third-order valence-corrected chi connectivity index (χ3v) is 3.09. The fourth-order valence-electron chi connectivity index (χ4n) is 1.98. The van der Waals surface area contributed by atoms with E-state index in [2.05, 4.69) is 10.4 Å². The number of nitrogens with one attached hydrogen (secondary N) is 1. The first-order valence-corrected chi connectivity index (χ1v) is 6.27. The molecule has 5 nitrogen and oxygen atoms in total. The maximum atomic E-state index is 12.1. The molecule has 1 amide bonds. The summed E-state index contributed by atoms with van der Waals surface area (Å²) in [6.07, 6.45) is 5.57. The summed E-state index contributed by atoms with van der Waals surface area (Å²) in [5.41, 5.74) is 1.63. The summed E-state index contributed by atoms with van der Waals surface area (Å²) in [5.74, 6) is 0.525. The number of carbonyl (C=O) groups is 1. The number of rotatable bonds is 3. The first kappa shape index (κ1) is 12.2. The van der Waals surface area contributed by atoms with Gasteiger partial charge in [-0.2, -0.15) is 5.10 Å². The molecular weight excluding hydrogens is 252 g/mol. The lowest BCUT2D eigenvalue weighted by Crippen LogP contribution is -2.14. The molecule has 0 unspecified atom stereocenters. The summed E-state index contributed by atoms with van der Waals surface area (Å²) in [6, 6.07) is 13.1. The highest BCUT2D eigenvalue weighted by atomic mass is 16.1. The normalized spacial score (nSPS) is 10.4. The minimum atomic E-state index is -0.146. The Bertz CT molecular complexity index is 711. The van der Waals surface area contributed by atoms with Gasteiger partial charge in [0, 0.05) is 36.8 Å². The van der Waals surface area contributed by atoms with E-state index in [0.29, 0.717) is 11.4 Å². The molecule has 0 fully saturated rings. The van der Waals surface area contributed by atoms with E-state index in [9.17, 15) is 4.79 Å². The predicted octanol–water partition coefficient (Wildman–Crippen LogP) is 2.46. The van der Waals surface area contributed by atoms with Crippen molar-refractivity contribution in [2.24, 2.45) is 7.05 Å². The minimum Gasteiger partial charge on any atom is -0.324 e. The number of anilines is 1. The molecule has 0 aliphatic carbocycles. The largest absolute Gasteiger partial charge is 0.324 e. The van der Waals surface area contributed by atoms with Crippen LogP contribution in [0.2, 0.25) is 0 Å². The van der Waals surface area contributed by atoms with Crippen molar-refractivity contribution in [3.05, 3.63) is 66.6 Å². The summed E-state index contributed by atoms with van der Waals surface area (Å²) >= 11 is 0. The Hall–Kier alpha value is -2.82. The Morgan fingerprint density at radius 2 is 1.80 bits per heavy atom. The smallest absolute Gasteiger partial charge is 0.256 e. The molecule has 0 radical (unpaired) electrons. The zero-order valence-corrected chi connectivity index (χ0v) is 11.0. The average Bonchev–Trinajstić information content (AvgIpc) is 3.12. The number of carbonyl (C=O) groups excluding carboxylic acids is 1. The lowest BCUT2D eigenvalue weighted by molar-refractivity contribution is 0.102. The van der Waals surface area contributed by atoms with Crippen molar-refractivity contribution in [2.75, 3.05) is 5.32 Å². The van der Waals surface area contributed by atoms with Gasteiger partial charge in [-0.3, -0.25) is 9.48 Å². The van der Waals surface area contributed by atoms with Crippen LogP contribution in [0.1, 0.15) is 10.4 Å². The van der Waals surface area contributed by atoms with Crippen LogP contribution in [0.4, 0.5) is 5.82 Å². The van der Waals surface area contributed by atoms with E-state index in [-0.39, 0.29) is 5.91 Å². The molecule has 2 aromatic heterocycles. The van der Waals surface area contributed by atoms with Crippen LogP contribution >= 0.6 is 0 Å².